The molecule has 1 aromatic carbocycles. The van der Waals surface area contributed by atoms with Gasteiger partial charge in [0.25, 0.3) is 0 Å². The van der Waals surface area contributed by atoms with Crippen LogP contribution in [0.15, 0.2) is 12.1 Å². The molecule has 0 bridgehead atoms. The highest BCUT2D eigenvalue weighted by Crippen LogP contribution is 2.49. The Balaban J connectivity index is 1.79. The Labute approximate surface area is 154 Å². The van der Waals surface area contributed by atoms with Gasteiger partial charge in [0.15, 0.2) is 0 Å². The van der Waals surface area contributed by atoms with Crippen LogP contribution in [0, 0.1) is 10.8 Å². The second-order valence-electron chi connectivity index (χ2n) is 9.71. The number of benzene rings is 1. The molecule has 0 unspecified atom stereocenters. The predicted octanol–water partition coefficient (Wildman–Crippen LogP) is 6.76. The molecule has 0 radical (unpaired) electrons. The Morgan fingerprint density at radius 2 is 1.60 bits per heavy atom. The molecule has 0 amide bonds. The van der Waals surface area contributed by atoms with Gasteiger partial charge >= 0.3 is 0 Å². The highest BCUT2D eigenvalue weighted by atomic mass is 16.3. The van der Waals surface area contributed by atoms with Crippen LogP contribution in [-0.4, -0.2) is 10.2 Å². The SMILES string of the molecule is CC(C)(C)CCCCCc1c(O)ccc(CCCCC2(C)CC2)c1O. The molecule has 0 saturated heterocycles. The maximum absolute atomic E-state index is 10.6. The van der Waals surface area contributed by atoms with Crippen LogP contribution in [-0.2, 0) is 12.8 Å². The number of phenols is 2. The van der Waals surface area contributed by atoms with Crippen LogP contribution in [0.2, 0.25) is 0 Å². The van der Waals surface area contributed by atoms with E-state index in [1.807, 2.05) is 6.07 Å². The van der Waals surface area contributed by atoms with Crippen molar-refractivity contribution in [1.82, 2.24) is 0 Å². The van der Waals surface area contributed by atoms with E-state index in [4.69, 9.17) is 0 Å². The van der Waals surface area contributed by atoms with Gasteiger partial charge in [-0.05, 0) is 73.8 Å². The van der Waals surface area contributed by atoms with Gasteiger partial charge in [0, 0.05) is 5.56 Å². The average molecular weight is 347 g/mol. The zero-order valence-electron chi connectivity index (χ0n) is 16.8. The maximum atomic E-state index is 10.6. The first-order chi connectivity index (χ1) is 11.7. The van der Waals surface area contributed by atoms with E-state index in [1.165, 1.54) is 38.5 Å². The van der Waals surface area contributed by atoms with Crippen molar-refractivity contribution in [3.8, 4) is 11.5 Å². The summed E-state index contributed by atoms with van der Waals surface area (Å²) >= 11 is 0. The molecular weight excluding hydrogens is 308 g/mol. The summed E-state index contributed by atoms with van der Waals surface area (Å²) in [5, 5.41) is 20.7. The van der Waals surface area contributed by atoms with Crippen molar-refractivity contribution >= 4 is 0 Å². The number of phenolic OH excluding ortho intramolecular Hbond substituents is 2. The van der Waals surface area contributed by atoms with Crippen molar-refractivity contribution in [2.75, 3.05) is 0 Å². The van der Waals surface area contributed by atoms with Crippen LogP contribution in [0.3, 0.4) is 0 Å². The van der Waals surface area contributed by atoms with E-state index < -0.39 is 0 Å². The van der Waals surface area contributed by atoms with Gasteiger partial charge in [-0.2, -0.15) is 0 Å². The molecule has 2 rings (SSSR count). The van der Waals surface area contributed by atoms with E-state index in [0.717, 1.165) is 43.2 Å². The Hall–Kier alpha value is -1.18. The van der Waals surface area contributed by atoms with E-state index in [0.29, 0.717) is 16.6 Å². The van der Waals surface area contributed by atoms with Gasteiger partial charge in [-0.15, -0.1) is 0 Å². The van der Waals surface area contributed by atoms with Crippen LogP contribution in [0.4, 0.5) is 0 Å². The number of hydrogen-bond acceptors (Lipinski definition) is 2. The molecule has 2 nitrogen and oxygen atoms in total. The fourth-order valence-corrected chi connectivity index (χ4v) is 3.59. The molecule has 0 aromatic heterocycles. The van der Waals surface area contributed by atoms with E-state index in [1.54, 1.807) is 6.07 Å². The lowest BCUT2D eigenvalue weighted by atomic mass is 9.89. The van der Waals surface area contributed by atoms with Crippen molar-refractivity contribution < 1.29 is 10.2 Å². The largest absolute Gasteiger partial charge is 0.508 e. The van der Waals surface area contributed by atoms with Gasteiger partial charge in [-0.3, -0.25) is 0 Å². The minimum atomic E-state index is 0.252. The lowest BCUT2D eigenvalue weighted by Gasteiger charge is -2.17. The predicted molar refractivity (Wildman–Crippen MR) is 106 cm³/mol. The lowest BCUT2D eigenvalue weighted by Crippen LogP contribution is -2.04. The summed E-state index contributed by atoms with van der Waals surface area (Å²) in [6.07, 6.45) is 12.7. The van der Waals surface area contributed by atoms with Crippen LogP contribution < -0.4 is 0 Å². The highest BCUT2D eigenvalue weighted by Gasteiger charge is 2.35. The molecule has 1 saturated carbocycles. The number of hydrogen-bond donors (Lipinski definition) is 2. The first-order valence-corrected chi connectivity index (χ1v) is 10.2. The molecule has 0 spiro atoms. The first-order valence-electron chi connectivity index (χ1n) is 10.2. The summed E-state index contributed by atoms with van der Waals surface area (Å²) in [5.41, 5.74) is 2.77. The van der Waals surface area contributed by atoms with Gasteiger partial charge in [0.1, 0.15) is 11.5 Å². The summed E-state index contributed by atoms with van der Waals surface area (Å²) in [7, 11) is 0. The van der Waals surface area contributed by atoms with E-state index in [-0.39, 0.29) is 5.75 Å². The van der Waals surface area contributed by atoms with Crippen LogP contribution >= 0.6 is 0 Å². The smallest absolute Gasteiger partial charge is 0.125 e. The summed E-state index contributed by atoms with van der Waals surface area (Å²) in [4.78, 5) is 0. The molecule has 1 aromatic rings. The quantitative estimate of drug-likeness (QED) is 0.459. The molecule has 0 heterocycles. The molecule has 2 N–H and O–H groups in total. The standard InChI is InChI=1S/C23H38O2/c1-22(2,3)14-8-5-6-11-19-20(24)13-12-18(21(19)25)10-7-9-15-23(4)16-17-23/h12-13,24-25H,5-11,14-17H2,1-4H3. The minimum absolute atomic E-state index is 0.252. The third-order valence-corrected chi connectivity index (χ3v) is 5.78. The minimum Gasteiger partial charge on any atom is -0.508 e. The first kappa shape index (κ1) is 20.1. The number of aryl methyl sites for hydroxylation is 1. The Kier molecular flexibility index (Phi) is 6.82. The van der Waals surface area contributed by atoms with Gasteiger partial charge in [0.05, 0.1) is 0 Å². The second-order valence-corrected chi connectivity index (χ2v) is 9.71. The van der Waals surface area contributed by atoms with Crippen LogP contribution in [0.25, 0.3) is 0 Å². The monoisotopic (exact) mass is 346 g/mol. The van der Waals surface area contributed by atoms with Crippen molar-refractivity contribution in [3.63, 3.8) is 0 Å². The molecule has 25 heavy (non-hydrogen) atoms. The number of aromatic hydroxyl groups is 2. The van der Waals surface area contributed by atoms with Gasteiger partial charge in [0.2, 0.25) is 0 Å². The Bertz CT molecular complexity index is 550. The molecular formula is C23H38O2. The van der Waals surface area contributed by atoms with Crippen LogP contribution in [0.1, 0.15) is 96.6 Å². The van der Waals surface area contributed by atoms with Crippen LogP contribution in [0.5, 0.6) is 11.5 Å². The van der Waals surface area contributed by atoms with Crippen molar-refractivity contribution in [2.24, 2.45) is 10.8 Å². The summed E-state index contributed by atoms with van der Waals surface area (Å²) in [5.74, 6) is 0.594. The molecule has 0 atom stereocenters. The van der Waals surface area contributed by atoms with Crippen molar-refractivity contribution in [1.29, 1.82) is 0 Å². The van der Waals surface area contributed by atoms with Gasteiger partial charge in [-0.25, -0.2) is 0 Å². The zero-order chi connectivity index (χ0) is 18.5. The fourth-order valence-electron chi connectivity index (χ4n) is 3.59. The third kappa shape index (κ3) is 6.92. The Morgan fingerprint density at radius 3 is 2.24 bits per heavy atom. The lowest BCUT2D eigenvalue weighted by molar-refractivity contribution is 0.357. The molecule has 1 fully saturated rings. The average Bonchev–Trinajstić information content (AvgIpc) is 3.25. The molecule has 1 aliphatic rings. The summed E-state index contributed by atoms with van der Waals surface area (Å²) in [6.45, 7) is 9.20. The molecule has 1 aliphatic carbocycles. The highest BCUT2D eigenvalue weighted by molar-refractivity contribution is 5.48. The Morgan fingerprint density at radius 1 is 0.920 bits per heavy atom. The van der Waals surface area contributed by atoms with Crippen molar-refractivity contribution in [3.05, 3.63) is 23.3 Å². The number of unbranched alkanes of at least 4 members (excludes halogenated alkanes) is 3. The van der Waals surface area contributed by atoms with Crippen molar-refractivity contribution in [2.45, 2.75) is 98.3 Å². The normalized spacial score (nSPS) is 16.2. The molecule has 2 heteroatoms. The van der Waals surface area contributed by atoms with Gasteiger partial charge < -0.3 is 10.2 Å². The van der Waals surface area contributed by atoms with E-state index in [2.05, 4.69) is 27.7 Å². The van der Waals surface area contributed by atoms with Gasteiger partial charge in [-0.1, -0.05) is 53.0 Å². The summed E-state index contributed by atoms with van der Waals surface area (Å²) in [6, 6.07) is 3.66. The maximum Gasteiger partial charge on any atom is 0.125 e. The molecule has 0 aliphatic heterocycles. The number of rotatable bonds is 10. The second kappa shape index (κ2) is 8.47. The third-order valence-electron chi connectivity index (χ3n) is 5.78. The topological polar surface area (TPSA) is 40.5 Å². The fraction of sp³-hybridized carbons (Fsp3) is 0.739. The van der Waals surface area contributed by atoms with E-state index in [9.17, 15) is 10.2 Å². The summed E-state index contributed by atoms with van der Waals surface area (Å²) < 4.78 is 0. The zero-order valence-corrected chi connectivity index (χ0v) is 16.8. The molecule has 142 valence electrons. The van der Waals surface area contributed by atoms with E-state index >= 15 is 0 Å².